The van der Waals surface area contributed by atoms with E-state index in [1.165, 1.54) is 6.07 Å². The summed E-state index contributed by atoms with van der Waals surface area (Å²) in [7, 11) is 1.86. The molecule has 0 aliphatic carbocycles. The van der Waals surface area contributed by atoms with Crippen molar-refractivity contribution in [3.8, 4) is 5.69 Å². The lowest BCUT2D eigenvalue weighted by atomic mass is 10.1. The normalized spacial score (nSPS) is 10.3. The number of halogens is 2. The number of para-hydroxylation sites is 1. The van der Waals surface area contributed by atoms with Crippen molar-refractivity contribution in [2.75, 3.05) is 13.6 Å². The maximum Gasteiger partial charge on any atom is 0.151 e. The van der Waals surface area contributed by atoms with Gasteiger partial charge < -0.3 is 9.88 Å². The predicted molar refractivity (Wildman–Crippen MR) is 109 cm³/mol. The first-order valence-corrected chi connectivity index (χ1v) is 9.19. The van der Waals surface area contributed by atoms with Crippen LogP contribution in [0.15, 0.2) is 54.6 Å². The highest BCUT2D eigenvalue weighted by Crippen LogP contribution is 2.23. The van der Waals surface area contributed by atoms with Gasteiger partial charge in [-0.05, 0) is 57.6 Å². The average Bonchev–Trinajstić information content (AvgIpc) is 3.01. The highest BCUT2D eigenvalue weighted by molar-refractivity contribution is 5.77. The summed E-state index contributed by atoms with van der Waals surface area (Å²) in [4.78, 5) is 10.9. The van der Waals surface area contributed by atoms with Gasteiger partial charge in [0.1, 0.15) is 12.5 Å². The van der Waals surface area contributed by atoms with Crippen LogP contribution in [0.3, 0.4) is 0 Å². The number of aromatic nitrogens is 1. The number of aldehydes is 1. The minimum Gasteiger partial charge on any atom is -0.319 e. The van der Waals surface area contributed by atoms with Crippen LogP contribution in [0.25, 0.3) is 5.69 Å². The largest absolute Gasteiger partial charge is 0.319 e. The zero-order valence-corrected chi connectivity index (χ0v) is 16.5. The molecule has 0 aliphatic heterocycles. The minimum atomic E-state index is -0.510. The van der Waals surface area contributed by atoms with E-state index in [1.54, 1.807) is 12.1 Å². The molecule has 3 nitrogen and oxygen atoms in total. The molecular weight excluding hydrogens is 358 g/mol. The molecule has 0 spiro atoms. The van der Waals surface area contributed by atoms with Gasteiger partial charge in [-0.1, -0.05) is 36.4 Å². The number of likely N-dealkylation sites (N-methyl/N-ethyl adjacent to an activating group) is 1. The van der Waals surface area contributed by atoms with Crippen LogP contribution in [0.1, 0.15) is 32.9 Å². The Kier molecular flexibility index (Phi) is 8.08. The molecule has 0 unspecified atom stereocenters. The van der Waals surface area contributed by atoms with Gasteiger partial charge in [-0.2, -0.15) is 0 Å². The Hall–Kier alpha value is -2.79. The number of aryl methyl sites for hydroxylation is 1. The molecule has 2 aromatic carbocycles. The molecular formula is C23H26F2N2O. The fraction of sp³-hybridized carbons (Fsp3) is 0.261. The second-order valence-corrected chi connectivity index (χ2v) is 6.49. The molecule has 1 N–H and O–H groups in total. The van der Waals surface area contributed by atoms with Crippen molar-refractivity contribution in [1.82, 2.24) is 9.88 Å². The molecule has 1 aromatic heterocycles. The molecule has 0 saturated carbocycles. The topological polar surface area (TPSA) is 34.0 Å². The van der Waals surface area contributed by atoms with Crippen molar-refractivity contribution in [3.05, 3.63) is 88.5 Å². The third-order valence-electron chi connectivity index (χ3n) is 4.58. The number of nitrogens with zero attached hydrogens (tertiary/aromatic N) is 1. The van der Waals surface area contributed by atoms with Crippen LogP contribution >= 0.6 is 0 Å². The average molecular weight is 384 g/mol. The Labute approximate surface area is 165 Å². The van der Waals surface area contributed by atoms with Crippen molar-refractivity contribution in [1.29, 1.82) is 0 Å². The van der Waals surface area contributed by atoms with Gasteiger partial charge in [0.25, 0.3) is 0 Å². The van der Waals surface area contributed by atoms with E-state index in [2.05, 4.69) is 5.32 Å². The van der Waals surface area contributed by atoms with Crippen LogP contribution in [-0.4, -0.2) is 24.4 Å². The van der Waals surface area contributed by atoms with E-state index in [-0.39, 0.29) is 5.82 Å². The van der Waals surface area contributed by atoms with E-state index in [9.17, 15) is 13.6 Å². The van der Waals surface area contributed by atoms with Gasteiger partial charge in [0.05, 0.1) is 5.69 Å². The Morgan fingerprint density at radius 2 is 1.68 bits per heavy atom. The molecule has 0 aliphatic rings. The molecule has 1 heterocycles. The zero-order chi connectivity index (χ0) is 20.5. The fourth-order valence-electron chi connectivity index (χ4n) is 3.08. The summed E-state index contributed by atoms with van der Waals surface area (Å²) in [6.07, 6.45) is 1.58. The van der Waals surface area contributed by atoms with Gasteiger partial charge in [0.15, 0.2) is 6.29 Å². The second-order valence-electron chi connectivity index (χ2n) is 6.49. The second kappa shape index (κ2) is 10.5. The first-order valence-electron chi connectivity index (χ1n) is 9.19. The molecule has 3 aromatic rings. The molecule has 0 bridgehead atoms. The van der Waals surface area contributed by atoms with E-state index in [0.717, 1.165) is 41.9 Å². The van der Waals surface area contributed by atoms with Crippen LogP contribution in [0.5, 0.6) is 0 Å². The first kappa shape index (κ1) is 21.5. The standard InChI is InChI=1S/C14H14FNO.C9H12FN/c1-10-7-13(9-17)11(2)16(10)14-6-4-3-5-12(14)8-15;1-11-7-6-8-4-2-3-5-9(8)10/h3-7,9H,8H2,1-2H3;2-5,11H,6-7H2,1H3. The van der Waals surface area contributed by atoms with Crippen molar-refractivity contribution >= 4 is 6.29 Å². The lowest BCUT2D eigenvalue weighted by Gasteiger charge is -2.12. The van der Waals surface area contributed by atoms with Crippen molar-refractivity contribution < 1.29 is 13.6 Å². The van der Waals surface area contributed by atoms with Gasteiger partial charge in [0, 0.05) is 22.5 Å². The van der Waals surface area contributed by atoms with E-state index in [4.69, 9.17) is 0 Å². The molecule has 0 fully saturated rings. The van der Waals surface area contributed by atoms with Crippen LogP contribution < -0.4 is 5.32 Å². The summed E-state index contributed by atoms with van der Waals surface area (Å²) < 4.78 is 27.7. The number of hydrogen-bond donors (Lipinski definition) is 1. The van der Waals surface area contributed by atoms with Crippen molar-refractivity contribution in [3.63, 3.8) is 0 Å². The Balaban J connectivity index is 0.000000221. The predicted octanol–water partition coefficient (Wildman–Crippen LogP) is 4.96. The molecule has 0 amide bonds. The Morgan fingerprint density at radius 1 is 1.04 bits per heavy atom. The molecule has 0 atom stereocenters. The zero-order valence-electron chi connectivity index (χ0n) is 16.5. The van der Waals surface area contributed by atoms with Crippen LogP contribution in [-0.2, 0) is 13.1 Å². The number of benzene rings is 2. The van der Waals surface area contributed by atoms with Gasteiger partial charge in [0.2, 0.25) is 0 Å². The third kappa shape index (κ3) is 5.14. The fourth-order valence-corrected chi connectivity index (χ4v) is 3.08. The van der Waals surface area contributed by atoms with E-state index < -0.39 is 6.67 Å². The maximum atomic E-state index is 12.9. The summed E-state index contributed by atoms with van der Waals surface area (Å²) >= 11 is 0. The third-order valence-corrected chi connectivity index (χ3v) is 4.58. The van der Waals surface area contributed by atoms with Crippen molar-refractivity contribution in [2.24, 2.45) is 0 Å². The van der Waals surface area contributed by atoms with Gasteiger partial charge in [-0.3, -0.25) is 4.79 Å². The highest BCUT2D eigenvalue weighted by Gasteiger charge is 2.12. The molecule has 5 heteroatoms. The lowest BCUT2D eigenvalue weighted by molar-refractivity contribution is 0.112. The lowest BCUT2D eigenvalue weighted by Crippen LogP contribution is -2.10. The summed E-state index contributed by atoms with van der Waals surface area (Å²) in [5, 5.41) is 2.98. The smallest absolute Gasteiger partial charge is 0.151 e. The number of carbonyl (C=O) groups is 1. The van der Waals surface area contributed by atoms with Gasteiger partial charge in [-0.25, -0.2) is 8.78 Å². The summed E-state index contributed by atoms with van der Waals surface area (Å²) in [5.41, 5.74) is 4.65. The number of nitrogens with one attached hydrogen (secondary N) is 1. The first-order chi connectivity index (χ1) is 13.5. The van der Waals surface area contributed by atoms with Crippen LogP contribution in [0.2, 0.25) is 0 Å². The Morgan fingerprint density at radius 3 is 2.25 bits per heavy atom. The number of hydrogen-bond acceptors (Lipinski definition) is 2. The van der Waals surface area contributed by atoms with E-state index in [0.29, 0.717) is 11.1 Å². The van der Waals surface area contributed by atoms with E-state index in [1.807, 2.05) is 61.9 Å². The summed E-state index contributed by atoms with van der Waals surface area (Å²) in [5.74, 6) is -0.109. The van der Waals surface area contributed by atoms with E-state index >= 15 is 0 Å². The summed E-state index contributed by atoms with van der Waals surface area (Å²) in [6.45, 7) is 4.09. The maximum absolute atomic E-state index is 12.9. The van der Waals surface area contributed by atoms with Crippen LogP contribution in [0, 0.1) is 19.7 Å². The number of rotatable bonds is 6. The molecule has 3 rings (SSSR count). The SMILES string of the molecule is CNCCc1ccccc1F.Cc1cc(C=O)c(C)n1-c1ccccc1CF. The van der Waals surface area contributed by atoms with Gasteiger partial charge >= 0.3 is 0 Å². The Bertz CT molecular complexity index is 919. The molecule has 0 saturated heterocycles. The minimum absolute atomic E-state index is 0.109. The number of carbonyl (C=O) groups excluding carboxylic acids is 1. The molecule has 148 valence electrons. The molecule has 0 radical (unpaired) electrons. The van der Waals surface area contributed by atoms with Gasteiger partial charge in [-0.15, -0.1) is 0 Å². The highest BCUT2D eigenvalue weighted by atomic mass is 19.1. The summed E-state index contributed by atoms with van der Waals surface area (Å²) in [6, 6.07) is 16.0. The van der Waals surface area contributed by atoms with Crippen LogP contribution in [0.4, 0.5) is 8.78 Å². The quantitative estimate of drug-likeness (QED) is 0.609. The molecule has 28 heavy (non-hydrogen) atoms. The monoisotopic (exact) mass is 384 g/mol. The van der Waals surface area contributed by atoms with Crippen molar-refractivity contribution in [2.45, 2.75) is 26.9 Å². The number of alkyl halides is 1.